The minimum absolute atomic E-state index is 0.233. The fourth-order valence-electron chi connectivity index (χ4n) is 2.90. The van der Waals surface area contributed by atoms with Crippen LogP contribution in [-0.4, -0.2) is 49.2 Å². The van der Waals surface area contributed by atoms with E-state index in [1.807, 2.05) is 0 Å². The van der Waals surface area contributed by atoms with Gasteiger partial charge in [-0.05, 0) is 19.3 Å². The maximum Gasteiger partial charge on any atom is 0.225 e. The largest absolute Gasteiger partial charge is 0.381 e. The first kappa shape index (κ1) is 9.60. The Kier molecular flexibility index (Phi) is 2.41. The van der Waals surface area contributed by atoms with Gasteiger partial charge in [0, 0.05) is 44.3 Å². The Morgan fingerprint density at radius 1 is 1.20 bits per heavy atom. The number of amides is 1. The Hall–Kier alpha value is -0.610. The van der Waals surface area contributed by atoms with Gasteiger partial charge in [-0.15, -0.1) is 0 Å². The van der Waals surface area contributed by atoms with Crippen LogP contribution in [0.1, 0.15) is 19.3 Å². The summed E-state index contributed by atoms with van der Waals surface area (Å²) >= 11 is 0. The zero-order chi connectivity index (χ0) is 10.3. The van der Waals surface area contributed by atoms with Crippen LogP contribution in [0.4, 0.5) is 0 Å². The number of hydrogen-bond acceptors (Lipinski definition) is 3. The fraction of sp³-hybridized carbons (Fsp3) is 0.909. The van der Waals surface area contributed by atoms with E-state index in [1.54, 1.807) is 0 Å². The van der Waals surface area contributed by atoms with Crippen LogP contribution in [-0.2, 0) is 9.53 Å². The normalized spacial score (nSPS) is 36.1. The highest BCUT2D eigenvalue weighted by atomic mass is 16.5. The molecule has 0 saturated carbocycles. The minimum atomic E-state index is 0.233. The number of hydrogen-bond donors (Lipinski definition) is 1. The van der Waals surface area contributed by atoms with Crippen molar-refractivity contribution < 1.29 is 9.53 Å². The van der Waals surface area contributed by atoms with E-state index in [-0.39, 0.29) is 5.92 Å². The van der Waals surface area contributed by atoms with Crippen LogP contribution in [0.25, 0.3) is 0 Å². The lowest BCUT2D eigenvalue weighted by molar-refractivity contribution is -0.142. The van der Waals surface area contributed by atoms with Crippen molar-refractivity contribution in [2.24, 2.45) is 5.92 Å². The summed E-state index contributed by atoms with van der Waals surface area (Å²) in [5.41, 5.74) is 0. The van der Waals surface area contributed by atoms with E-state index in [2.05, 4.69) is 10.2 Å². The van der Waals surface area contributed by atoms with E-state index >= 15 is 0 Å². The second kappa shape index (κ2) is 3.76. The topological polar surface area (TPSA) is 41.6 Å². The molecule has 0 aromatic rings. The zero-order valence-electron chi connectivity index (χ0n) is 8.95. The predicted molar refractivity (Wildman–Crippen MR) is 55.5 cm³/mol. The van der Waals surface area contributed by atoms with Gasteiger partial charge in [0.1, 0.15) is 0 Å². The first-order valence-electron chi connectivity index (χ1n) is 5.95. The third kappa shape index (κ3) is 1.76. The molecule has 4 rings (SSSR count). The highest BCUT2D eigenvalue weighted by molar-refractivity contribution is 5.79. The van der Waals surface area contributed by atoms with Crippen molar-refractivity contribution in [3.63, 3.8) is 0 Å². The molecule has 4 nitrogen and oxygen atoms in total. The summed E-state index contributed by atoms with van der Waals surface area (Å²) in [5.74, 6) is 0.603. The van der Waals surface area contributed by atoms with E-state index in [1.165, 1.54) is 6.42 Å². The van der Waals surface area contributed by atoms with Crippen LogP contribution >= 0.6 is 0 Å². The quantitative estimate of drug-likeness (QED) is 0.661. The van der Waals surface area contributed by atoms with Gasteiger partial charge in [-0.25, -0.2) is 0 Å². The second-order valence-corrected chi connectivity index (χ2v) is 4.93. The van der Waals surface area contributed by atoms with Gasteiger partial charge in [0.25, 0.3) is 0 Å². The van der Waals surface area contributed by atoms with Gasteiger partial charge in [-0.3, -0.25) is 4.79 Å². The third-order valence-electron chi connectivity index (χ3n) is 3.80. The Bertz CT molecular complexity index is 247. The Labute approximate surface area is 90.0 Å². The lowest BCUT2D eigenvalue weighted by atomic mass is 9.89. The lowest BCUT2D eigenvalue weighted by Crippen LogP contribution is -2.68. The van der Waals surface area contributed by atoms with Gasteiger partial charge in [0.15, 0.2) is 0 Å². The number of rotatable bonds is 1. The van der Waals surface area contributed by atoms with E-state index in [4.69, 9.17) is 4.74 Å². The van der Waals surface area contributed by atoms with Crippen LogP contribution in [0.3, 0.4) is 0 Å². The Balaban J connectivity index is 1.59. The fourth-order valence-corrected chi connectivity index (χ4v) is 2.90. The second-order valence-electron chi connectivity index (χ2n) is 4.93. The monoisotopic (exact) mass is 210 g/mol. The van der Waals surface area contributed by atoms with Crippen molar-refractivity contribution in [2.75, 3.05) is 26.3 Å². The minimum Gasteiger partial charge on any atom is -0.381 e. The smallest absolute Gasteiger partial charge is 0.225 e. The predicted octanol–water partition coefficient (Wildman–Crippen LogP) is -0.0143. The molecule has 4 heterocycles. The molecule has 4 heteroatoms. The number of piperazine rings is 1. The molecular weight excluding hydrogens is 192 g/mol. The van der Waals surface area contributed by atoms with E-state index in [9.17, 15) is 4.79 Å². The standard InChI is InChI=1S/C11H18N2O2/c14-11(8-1-3-15-4-2-8)13-6-9-5-10(7-13)12-9/h8-10,12H,1-7H2. The molecule has 4 aliphatic rings. The van der Waals surface area contributed by atoms with Gasteiger partial charge < -0.3 is 15.0 Å². The summed E-state index contributed by atoms with van der Waals surface area (Å²) in [4.78, 5) is 14.2. The average Bonchev–Trinajstić information content (AvgIpc) is 2.28. The Morgan fingerprint density at radius 3 is 2.40 bits per heavy atom. The van der Waals surface area contributed by atoms with Gasteiger partial charge in [-0.1, -0.05) is 0 Å². The maximum atomic E-state index is 12.2. The summed E-state index contributed by atoms with van der Waals surface area (Å²) in [7, 11) is 0. The first-order valence-corrected chi connectivity index (χ1v) is 5.95. The molecule has 0 aromatic heterocycles. The third-order valence-corrected chi connectivity index (χ3v) is 3.80. The summed E-state index contributed by atoms with van der Waals surface area (Å²) in [5, 5.41) is 3.45. The average molecular weight is 210 g/mol. The van der Waals surface area contributed by atoms with E-state index < -0.39 is 0 Å². The maximum absolute atomic E-state index is 12.2. The molecule has 4 fully saturated rings. The van der Waals surface area contributed by atoms with E-state index in [0.717, 1.165) is 39.1 Å². The molecule has 0 radical (unpaired) electrons. The van der Waals surface area contributed by atoms with Crippen LogP contribution in [0.15, 0.2) is 0 Å². The molecule has 15 heavy (non-hydrogen) atoms. The first-order chi connectivity index (χ1) is 7.33. The molecule has 84 valence electrons. The number of ether oxygens (including phenoxy) is 1. The summed E-state index contributed by atoms with van der Waals surface area (Å²) in [6.07, 6.45) is 3.09. The molecule has 0 aliphatic carbocycles. The van der Waals surface area contributed by atoms with Crippen LogP contribution in [0.2, 0.25) is 0 Å². The number of nitrogens with one attached hydrogen (secondary N) is 1. The molecule has 1 amide bonds. The number of carbonyl (C=O) groups is 1. The molecule has 2 atom stereocenters. The van der Waals surface area contributed by atoms with Crippen molar-refractivity contribution in [3.05, 3.63) is 0 Å². The zero-order valence-corrected chi connectivity index (χ0v) is 8.95. The van der Waals surface area contributed by atoms with Crippen molar-refractivity contribution in [2.45, 2.75) is 31.3 Å². The van der Waals surface area contributed by atoms with Gasteiger partial charge in [0.2, 0.25) is 5.91 Å². The molecule has 2 unspecified atom stereocenters. The SMILES string of the molecule is O=C(C1CCOCC1)N1CC2CC(C1)N2. The lowest BCUT2D eigenvalue weighted by Gasteiger charge is -2.49. The number of fused-ring (bicyclic) bond motifs is 2. The van der Waals surface area contributed by atoms with Crippen molar-refractivity contribution in [1.29, 1.82) is 0 Å². The molecule has 1 N–H and O–H groups in total. The Morgan fingerprint density at radius 2 is 1.80 bits per heavy atom. The molecule has 0 spiro atoms. The van der Waals surface area contributed by atoms with Gasteiger partial charge in [-0.2, -0.15) is 0 Å². The van der Waals surface area contributed by atoms with Crippen molar-refractivity contribution in [3.8, 4) is 0 Å². The molecule has 4 saturated heterocycles. The van der Waals surface area contributed by atoms with Crippen molar-refractivity contribution in [1.82, 2.24) is 10.2 Å². The molecular formula is C11H18N2O2. The molecule has 2 bridgehead atoms. The van der Waals surface area contributed by atoms with Gasteiger partial charge >= 0.3 is 0 Å². The van der Waals surface area contributed by atoms with Crippen LogP contribution < -0.4 is 5.32 Å². The highest BCUT2D eigenvalue weighted by Crippen LogP contribution is 2.24. The molecule has 4 aliphatic heterocycles. The molecule has 0 aromatic carbocycles. The highest BCUT2D eigenvalue weighted by Gasteiger charge is 2.39. The van der Waals surface area contributed by atoms with E-state index in [0.29, 0.717) is 18.0 Å². The summed E-state index contributed by atoms with van der Waals surface area (Å²) < 4.78 is 5.28. The van der Waals surface area contributed by atoms with Crippen LogP contribution in [0, 0.1) is 5.92 Å². The summed E-state index contributed by atoms with van der Waals surface area (Å²) in [6.45, 7) is 3.37. The van der Waals surface area contributed by atoms with Gasteiger partial charge in [0.05, 0.1) is 0 Å². The number of piperidine rings is 1. The van der Waals surface area contributed by atoms with Crippen LogP contribution in [0.5, 0.6) is 0 Å². The number of nitrogens with zero attached hydrogens (tertiary/aromatic N) is 1. The summed E-state index contributed by atoms with van der Waals surface area (Å²) in [6, 6.07) is 1.15. The van der Waals surface area contributed by atoms with Crippen molar-refractivity contribution >= 4 is 5.91 Å². The number of carbonyl (C=O) groups excluding carboxylic acids is 1.